The van der Waals surface area contributed by atoms with Crippen molar-refractivity contribution >= 4 is 16.0 Å². The maximum atomic E-state index is 12.6. The lowest BCUT2D eigenvalue weighted by atomic mass is 9.87. The lowest BCUT2D eigenvalue weighted by Gasteiger charge is -2.20. The van der Waals surface area contributed by atoms with Gasteiger partial charge in [-0.15, -0.1) is 0 Å². The van der Waals surface area contributed by atoms with Crippen molar-refractivity contribution in [1.29, 1.82) is 0 Å². The molecule has 0 heterocycles. The van der Waals surface area contributed by atoms with E-state index in [0.29, 0.717) is 18.7 Å². The van der Waals surface area contributed by atoms with E-state index in [9.17, 15) is 13.2 Å². The zero-order valence-corrected chi connectivity index (χ0v) is 17.3. The molecule has 27 heavy (non-hydrogen) atoms. The van der Waals surface area contributed by atoms with Crippen LogP contribution < -0.4 is 4.18 Å². The van der Waals surface area contributed by atoms with Crippen molar-refractivity contribution in [3.8, 4) is 5.75 Å². The van der Waals surface area contributed by atoms with E-state index in [4.69, 9.17) is 4.18 Å². The van der Waals surface area contributed by atoms with Gasteiger partial charge in [0, 0.05) is 18.7 Å². The standard InChI is InChI=1S/C21H27NO4S/c1-6-22(7-2)20(23)16-11-13-19(14-12-16)27(24,25)26-18-10-8-9-17(15-18)21(3,4)5/h8-15H,6-7H2,1-5H3. The first-order valence-corrected chi connectivity index (χ1v) is 10.4. The first kappa shape index (κ1) is 21.0. The summed E-state index contributed by atoms with van der Waals surface area (Å²) in [5.74, 6) is 0.147. The zero-order chi connectivity index (χ0) is 20.2. The number of carbonyl (C=O) groups excluding carboxylic acids is 1. The molecule has 0 aliphatic rings. The summed E-state index contributed by atoms with van der Waals surface area (Å²) in [5.41, 5.74) is 1.32. The molecule has 1 amide bonds. The van der Waals surface area contributed by atoms with Gasteiger partial charge in [0.25, 0.3) is 5.91 Å². The molecule has 0 aliphatic heterocycles. The topological polar surface area (TPSA) is 63.7 Å². The van der Waals surface area contributed by atoms with Gasteiger partial charge in [0.2, 0.25) is 0 Å². The third-order valence-electron chi connectivity index (χ3n) is 4.35. The fourth-order valence-corrected chi connectivity index (χ4v) is 3.57. The third-order valence-corrected chi connectivity index (χ3v) is 5.61. The molecule has 2 aromatic carbocycles. The highest BCUT2D eigenvalue weighted by atomic mass is 32.2. The van der Waals surface area contributed by atoms with Gasteiger partial charge < -0.3 is 9.08 Å². The molecule has 0 aliphatic carbocycles. The largest absolute Gasteiger partial charge is 0.379 e. The second-order valence-corrected chi connectivity index (χ2v) is 8.86. The number of hydrogen-bond acceptors (Lipinski definition) is 4. The van der Waals surface area contributed by atoms with Gasteiger partial charge in [-0.2, -0.15) is 8.42 Å². The molecule has 0 saturated heterocycles. The van der Waals surface area contributed by atoms with E-state index in [-0.39, 0.29) is 22.0 Å². The first-order chi connectivity index (χ1) is 12.6. The molecule has 0 atom stereocenters. The molecule has 0 spiro atoms. The van der Waals surface area contributed by atoms with Crippen molar-refractivity contribution in [2.75, 3.05) is 13.1 Å². The summed E-state index contributed by atoms with van der Waals surface area (Å²) in [7, 11) is -3.97. The number of amides is 1. The lowest BCUT2D eigenvalue weighted by Crippen LogP contribution is -2.30. The van der Waals surface area contributed by atoms with Crippen LogP contribution >= 0.6 is 0 Å². The van der Waals surface area contributed by atoms with Crippen LogP contribution in [0.3, 0.4) is 0 Å². The van der Waals surface area contributed by atoms with Crippen LogP contribution in [0.5, 0.6) is 5.75 Å². The predicted octanol–water partition coefficient (Wildman–Crippen LogP) is 4.23. The Balaban J connectivity index is 2.24. The van der Waals surface area contributed by atoms with Gasteiger partial charge >= 0.3 is 10.1 Å². The molecule has 0 fully saturated rings. The Labute approximate surface area is 162 Å². The molecule has 0 unspecified atom stereocenters. The fraction of sp³-hybridized carbons (Fsp3) is 0.381. The summed E-state index contributed by atoms with van der Waals surface area (Å²) < 4.78 is 30.4. The highest BCUT2D eigenvalue weighted by molar-refractivity contribution is 7.87. The van der Waals surface area contributed by atoms with Crippen molar-refractivity contribution in [2.45, 2.75) is 44.9 Å². The van der Waals surface area contributed by atoms with E-state index in [1.165, 1.54) is 24.3 Å². The van der Waals surface area contributed by atoms with Crippen molar-refractivity contribution in [3.63, 3.8) is 0 Å². The van der Waals surface area contributed by atoms with Crippen molar-refractivity contribution in [1.82, 2.24) is 4.90 Å². The minimum absolute atomic E-state index is 0.0137. The first-order valence-electron chi connectivity index (χ1n) is 9.03. The summed E-state index contributed by atoms with van der Waals surface area (Å²) >= 11 is 0. The monoisotopic (exact) mass is 389 g/mol. The Morgan fingerprint density at radius 1 is 1.00 bits per heavy atom. The SMILES string of the molecule is CCN(CC)C(=O)c1ccc(S(=O)(=O)Oc2cccc(C(C)(C)C)c2)cc1. The average molecular weight is 390 g/mol. The molecule has 0 radical (unpaired) electrons. The molecule has 0 bridgehead atoms. The summed E-state index contributed by atoms with van der Waals surface area (Å²) in [6.45, 7) is 11.1. The molecule has 146 valence electrons. The number of hydrogen-bond donors (Lipinski definition) is 0. The summed E-state index contributed by atoms with van der Waals surface area (Å²) in [6.07, 6.45) is 0. The van der Waals surface area contributed by atoms with E-state index in [2.05, 4.69) is 0 Å². The van der Waals surface area contributed by atoms with Gasteiger partial charge in [0.05, 0.1) is 0 Å². The van der Waals surface area contributed by atoms with Gasteiger partial charge in [-0.1, -0.05) is 32.9 Å². The minimum Gasteiger partial charge on any atom is -0.379 e. The Bertz CT molecular complexity index is 893. The maximum absolute atomic E-state index is 12.6. The predicted molar refractivity (Wildman–Crippen MR) is 107 cm³/mol. The van der Waals surface area contributed by atoms with E-state index < -0.39 is 10.1 Å². The van der Waals surface area contributed by atoms with Crippen molar-refractivity contribution < 1.29 is 17.4 Å². The number of rotatable bonds is 6. The highest BCUT2D eigenvalue weighted by Crippen LogP contribution is 2.27. The van der Waals surface area contributed by atoms with Gasteiger partial charge in [-0.3, -0.25) is 4.79 Å². The van der Waals surface area contributed by atoms with Crippen LogP contribution in [-0.4, -0.2) is 32.3 Å². The van der Waals surface area contributed by atoms with Crippen LogP contribution in [0.2, 0.25) is 0 Å². The molecule has 2 rings (SSSR count). The Morgan fingerprint density at radius 3 is 2.11 bits per heavy atom. The lowest BCUT2D eigenvalue weighted by molar-refractivity contribution is 0.0773. The second kappa shape index (κ2) is 8.13. The number of carbonyl (C=O) groups is 1. The summed E-state index contributed by atoms with van der Waals surface area (Å²) in [5, 5.41) is 0. The molecule has 2 aromatic rings. The third kappa shape index (κ3) is 5.10. The van der Waals surface area contributed by atoms with Crippen LogP contribution in [0, 0.1) is 0 Å². The van der Waals surface area contributed by atoms with Crippen molar-refractivity contribution in [2.24, 2.45) is 0 Å². The molecule has 0 aromatic heterocycles. The normalized spacial score (nSPS) is 11.9. The van der Waals surface area contributed by atoms with Crippen LogP contribution in [0.15, 0.2) is 53.4 Å². The molecular weight excluding hydrogens is 362 g/mol. The molecule has 0 saturated carbocycles. The number of benzene rings is 2. The maximum Gasteiger partial charge on any atom is 0.339 e. The summed E-state index contributed by atoms with van der Waals surface area (Å²) in [4.78, 5) is 14.0. The van der Waals surface area contributed by atoms with E-state index in [1.54, 1.807) is 23.1 Å². The van der Waals surface area contributed by atoms with Crippen LogP contribution in [0.4, 0.5) is 0 Å². The number of nitrogens with zero attached hydrogens (tertiary/aromatic N) is 1. The molecule has 5 nitrogen and oxygen atoms in total. The van der Waals surface area contributed by atoms with Gasteiger partial charge in [0.1, 0.15) is 10.6 Å². The highest BCUT2D eigenvalue weighted by Gasteiger charge is 2.20. The van der Waals surface area contributed by atoms with Crippen LogP contribution in [0.25, 0.3) is 0 Å². The fourth-order valence-electron chi connectivity index (χ4n) is 2.65. The quantitative estimate of drug-likeness (QED) is 0.694. The van der Waals surface area contributed by atoms with E-state index in [1.807, 2.05) is 40.7 Å². The van der Waals surface area contributed by atoms with Gasteiger partial charge in [-0.05, 0) is 61.2 Å². The van der Waals surface area contributed by atoms with E-state index in [0.717, 1.165) is 5.56 Å². The molecule has 0 N–H and O–H groups in total. The van der Waals surface area contributed by atoms with Crippen LogP contribution in [-0.2, 0) is 15.5 Å². The second-order valence-electron chi connectivity index (χ2n) is 7.32. The zero-order valence-electron chi connectivity index (χ0n) is 16.5. The minimum atomic E-state index is -3.97. The van der Waals surface area contributed by atoms with Gasteiger partial charge in [-0.25, -0.2) is 0 Å². The van der Waals surface area contributed by atoms with Crippen molar-refractivity contribution in [3.05, 3.63) is 59.7 Å². The molecule has 6 heteroatoms. The average Bonchev–Trinajstić information content (AvgIpc) is 2.62. The summed E-state index contributed by atoms with van der Waals surface area (Å²) in [6, 6.07) is 12.9. The van der Waals surface area contributed by atoms with Crippen LogP contribution in [0.1, 0.15) is 50.5 Å². The Kier molecular flexibility index (Phi) is 6.31. The smallest absolute Gasteiger partial charge is 0.339 e. The Hall–Kier alpha value is -2.34. The van der Waals surface area contributed by atoms with Gasteiger partial charge in [0.15, 0.2) is 0 Å². The molecular formula is C21H27NO4S. The van der Waals surface area contributed by atoms with E-state index >= 15 is 0 Å². The Morgan fingerprint density at radius 2 is 1.59 bits per heavy atom.